The lowest BCUT2D eigenvalue weighted by Crippen LogP contribution is -2.33. The van der Waals surface area contributed by atoms with E-state index in [1.807, 2.05) is 42.5 Å². The van der Waals surface area contributed by atoms with Gasteiger partial charge in [0.1, 0.15) is 5.01 Å². The minimum absolute atomic E-state index is 0.0632. The molecule has 30 heavy (non-hydrogen) atoms. The van der Waals surface area contributed by atoms with Gasteiger partial charge in [0.25, 0.3) is 0 Å². The molecule has 8 heteroatoms. The number of rotatable bonds is 9. The molecule has 0 bridgehead atoms. The highest BCUT2D eigenvalue weighted by atomic mass is 32.1. The largest absolute Gasteiger partial charge is 0.469 e. The van der Waals surface area contributed by atoms with Crippen molar-refractivity contribution in [2.75, 3.05) is 20.3 Å². The van der Waals surface area contributed by atoms with Crippen LogP contribution in [0.25, 0.3) is 21.3 Å². The lowest BCUT2D eigenvalue weighted by Gasteiger charge is -2.10. The lowest BCUT2D eigenvalue weighted by atomic mass is 10.0. The first-order valence-electron chi connectivity index (χ1n) is 9.42. The molecule has 1 atom stereocenters. The number of ether oxygens (including phenoxy) is 1. The number of aromatic nitrogens is 1. The van der Waals surface area contributed by atoms with E-state index in [9.17, 15) is 14.4 Å². The number of nitrogens with one attached hydrogen (secondary N) is 1. The summed E-state index contributed by atoms with van der Waals surface area (Å²) >= 11 is 1.44. The Morgan fingerprint density at radius 2 is 1.90 bits per heavy atom. The molecule has 3 aromatic rings. The average Bonchev–Trinajstić information content (AvgIpc) is 3.17. The van der Waals surface area contributed by atoms with Crippen molar-refractivity contribution in [1.29, 1.82) is 0 Å². The van der Waals surface area contributed by atoms with Crippen LogP contribution in [0.3, 0.4) is 0 Å². The summed E-state index contributed by atoms with van der Waals surface area (Å²) in [6.45, 7) is -0.696. The number of amides is 1. The van der Waals surface area contributed by atoms with Gasteiger partial charge in [-0.1, -0.05) is 36.4 Å². The number of esters is 1. The Morgan fingerprint density at radius 3 is 2.60 bits per heavy atom. The van der Waals surface area contributed by atoms with E-state index >= 15 is 0 Å². The number of methoxy groups -OCH3 is 1. The third-order valence-corrected chi connectivity index (χ3v) is 5.58. The second kappa shape index (κ2) is 10.1. The Morgan fingerprint density at radius 1 is 1.13 bits per heavy atom. The number of hydrogen-bond donors (Lipinski definition) is 2. The van der Waals surface area contributed by atoms with Gasteiger partial charge in [0.05, 0.1) is 42.8 Å². The maximum atomic E-state index is 12.2. The van der Waals surface area contributed by atoms with Crippen molar-refractivity contribution in [3.05, 3.63) is 53.5 Å². The summed E-state index contributed by atoms with van der Waals surface area (Å²) in [5, 5.41) is 12.4. The van der Waals surface area contributed by atoms with Gasteiger partial charge >= 0.3 is 5.97 Å². The maximum Gasteiger partial charge on any atom is 0.311 e. The zero-order valence-electron chi connectivity index (χ0n) is 16.5. The van der Waals surface area contributed by atoms with Gasteiger partial charge in [0, 0.05) is 6.42 Å². The number of benzene rings is 2. The summed E-state index contributed by atoms with van der Waals surface area (Å²) < 4.78 is 5.51. The second-order valence-corrected chi connectivity index (χ2v) is 7.87. The number of aliphatic hydroxyl groups excluding tert-OH is 1. The number of thiazole rings is 1. The van der Waals surface area contributed by atoms with Gasteiger partial charge in [-0.2, -0.15) is 0 Å². The Bertz CT molecular complexity index is 1050. The first-order chi connectivity index (χ1) is 14.5. The van der Waals surface area contributed by atoms with Crippen molar-refractivity contribution in [3.8, 4) is 11.1 Å². The molecule has 1 heterocycles. The summed E-state index contributed by atoms with van der Waals surface area (Å²) in [4.78, 5) is 40.1. The molecule has 156 valence electrons. The maximum absolute atomic E-state index is 12.2. The van der Waals surface area contributed by atoms with E-state index in [4.69, 9.17) is 5.11 Å². The molecule has 2 aromatic carbocycles. The smallest absolute Gasteiger partial charge is 0.311 e. The Balaban J connectivity index is 1.57. The molecule has 0 fully saturated rings. The van der Waals surface area contributed by atoms with E-state index in [-0.39, 0.29) is 31.1 Å². The highest BCUT2D eigenvalue weighted by Gasteiger charge is 2.22. The quantitative estimate of drug-likeness (QED) is 0.509. The van der Waals surface area contributed by atoms with Crippen molar-refractivity contribution in [1.82, 2.24) is 10.3 Å². The molecule has 0 saturated carbocycles. The van der Waals surface area contributed by atoms with Crippen molar-refractivity contribution in [2.24, 2.45) is 5.92 Å². The molecule has 7 nitrogen and oxygen atoms in total. The fraction of sp³-hybridized carbons (Fsp3) is 0.273. The summed E-state index contributed by atoms with van der Waals surface area (Å²) in [5.41, 5.74) is 3.01. The molecular weight excluding hydrogens is 404 g/mol. The highest BCUT2D eigenvalue weighted by Crippen LogP contribution is 2.28. The molecule has 0 radical (unpaired) electrons. The highest BCUT2D eigenvalue weighted by molar-refractivity contribution is 7.18. The molecule has 3 rings (SSSR count). The number of Topliss-reactive ketones (excluding diaryl/α,β-unsaturated/α-hetero) is 1. The lowest BCUT2D eigenvalue weighted by molar-refractivity contribution is -0.148. The first kappa shape index (κ1) is 21.6. The summed E-state index contributed by atoms with van der Waals surface area (Å²) in [6, 6.07) is 16.0. The summed E-state index contributed by atoms with van der Waals surface area (Å²) in [6.07, 6.45) is -0.124. The third kappa shape index (κ3) is 5.49. The molecule has 1 amide bonds. The number of hydrogen-bond acceptors (Lipinski definition) is 7. The molecule has 0 aliphatic carbocycles. The van der Waals surface area contributed by atoms with Crippen LogP contribution >= 0.6 is 11.3 Å². The van der Waals surface area contributed by atoms with E-state index in [1.54, 1.807) is 0 Å². The van der Waals surface area contributed by atoms with Gasteiger partial charge in [-0.05, 0) is 23.3 Å². The van der Waals surface area contributed by atoms with Gasteiger partial charge in [0.2, 0.25) is 5.91 Å². The Hall–Kier alpha value is -3.10. The Labute approximate surface area is 177 Å². The van der Waals surface area contributed by atoms with E-state index in [0.29, 0.717) is 5.01 Å². The molecular formula is C22H22N2O5S. The average molecular weight is 426 g/mol. The molecule has 1 unspecified atom stereocenters. The minimum atomic E-state index is -0.914. The third-order valence-electron chi connectivity index (χ3n) is 4.56. The monoisotopic (exact) mass is 426 g/mol. The van der Waals surface area contributed by atoms with Crippen LogP contribution in [0.15, 0.2) is 48.5 Å². The van der Waals surface area contributed by atoms with Crippen LogP contribution in [0.2, 0.25) is 0 Å². The predicted molar refractivity (Wildman–Crippen MR) is 114 cm³/mol. The summed E-state index contributed by atoms with van der Waals surface area (Å²) in [5.74, 6) is -2.25. The first-order valence-corrected chi connectivity index (χ1v) is 10.2. The van der Waals surface area contributed by atoms with Crippen LogP contribution in [0.5, 0.6) is 0 Å². The SMILES string of the molecule is COC(=O)C(CO)CC(=O)CNC(=O)Cc1nc2ccc(-c3ccccc3)cc2s1. The molecule has 0 spiro atoms. The number of ketones is 1. The van der Waals surface area contributed by atoms with E-state index in [2.05, 4.69) is 21.1 Å². The minimum Gasteiger partial charge on any atom is -0.469 e. The number of carbonyl (C=O) groups is 3. The molecule has 0 aliphatic rings. The normalized spacial score (nSPS) is 11.8. The molecule has 0 aliphatic heterocycles. The van der Waals surface area contributed by atoms with Crippen molar-refractivity contribution in [3.63, 3.8) is 0 Å². The van der Waals surface area contributed by atoms with Crippen LogP contribution in [0.1, 0.15) is 11.4 Å². The predicted octanol–water partition coefficient (Wildman–Crippen LogP) is 2.36. The van der Waals surface area contributed by atoms with Gasteiger partial charge < -0.3 is 15.2 Å². The zero-order valence-corrected chi connectivity index (χ0v) is 17.3. The van der Waals surface area contributed by atoms with Crippen LogP contribution in [0, 0.1) is 5.92 Å². The van der Waals surface area contributed by atoms with E-state index in [0.717, 1.165) is 21.3 Å². The molecule has 2 N–H and O–H groups in total. The number of fused-ring (bicyclic) bond motifs is 1. The summed E-state index contributed by atoms with van der Waals surface area (Å²) in [7, 11) is 1.19. The fourth-order valence-electron chi connectivity index (χ4n) is 2.99. The number of aliphatic hydroxyl groups is 1. The van der Waals surface area contributed by atoms with E-state index < -0.39 is 18.5 Å². The van der Waals surface area contributed by atoms with Gasteiger partial charge in [-0.25, -0.2) is 4.98 Å². The van der Waals surface area contributed by atoms with Gasteiger partial charge in [0.15, 0.2) is 5.78 Å². The second-order valence-electron chi connectivity index (χ2n) is 6.76. The van der Waals surface area contributed by atoms with Crippen molar-refractivity contribution >= 4 is 39.2 Å². The topological polar surface area (TPSA) is 106 Å². The van der Waals surface area contributed by atoms with Crippen molar-refractivity contribution < 1.29 is 24.2 Å². The Kier molecular flexibility index (Phi) is 7.26. The van der Waals surface area contributed by atoms with Crippen LogP contribution in [0.4, 0.5) is 0 Å². The van der Waals surface area contributed by atoms with E-state index in [1.165, 1.54) is 18.4 Å². The standard InChI is InChI=1S/C22H22N2O5S/c1-29-22(28)16(13-25)9-17(26)12-23-20(27)11-21-24-18-8-7-15(10-19(18)30-21)14-5-3-2-4-6-14/h2-8,10,16,25H,9,11-13H2,1H3,(H,23,27). The fourth-order valence-corrected chi connectivity index (χ4v) is 4.00. The number of nitrogens with zero attached hydrogens (tertiary/aromatic N) is 1. The van der Waals surface area contributed by atoms with Crippen LogP contribution in [-0.4, -0.2) is 48.0 Å². The number of carbonyl (C=O) groups excluding carboxylic acids is 3. The van der Waals surface area contributed by atoms with Crippen LogP contribution in [-0.2, 0) is 25.5 Å². The van der Waals surface area contributed by atoms with Gasteiger partial charge in [-0.3, -0.25) is 14.4 Å². The zero-order chi connectivity index (χ0) is 21.5. The molecule has 0 saturated heterocycles. The van der Waals surface area contributed by atoms with Gasteiger partial charge in [-0.15, -0.1) is 11.3 Å². The van der Waals surface area contributed by atoms with Crippen molar-refractivity contribution in [2.45, 2.75) is 12.8 Å². The molecule has 1 aromatic heterocycles. The van der Waals surface area contributed by atoms with Crippen LogP contribution < -0.4 is 5.32 Å².